The molecule has 0 atom stereocenters. The first-order valence-electron chi connectivity index (χ1n) is 9.55. The fourth-order valence-corrected chi connectivity index (χ4v) is 3.51. The van der Waals surface area contributed by atoms with Crippen LogP contribution in [0.5, 0.6) is 5.75 Å². The number of fused-ring (bicyclic) bond motifs is 1. The third-order valence-corrected chi connectivity index (χ3v) is 5.59. The molecule has 0 bridgehead atoms. The standard InChI is InChI=1S/C20H17ClN6O4/c21-13-1-3-14(4-2-13)31-11-20(5-6-20)10-27-16-15(8-23-27)24-19(25-17(16)28)26-9-12(7-22-26)18(29)30/h1-4,7-9H,5-6,10-11H2,(H,29,30)(H,24,25,28). The zero-order valence-electron chi connectivity index (χ0n) is 16.2. The molecular formula is C20H17ClN6O4. The quantitative estimate of drug-likeness (QED) is 0.451. The van der Waals surface area contributed by atoms with Crippen LogP contribution in [0, 0.1) is 5.41 Å². The number of hydrogen-bond donors (Lipinski definition) is 2. The smallest absolute Gasteiger partial charge is 0.338 e. The van der Waals surface area contributed by atoms with E-state index in [9.17, 15) is 9.59 Å². The molecule has 0 unspecified atom stereocenters. The van der Waals surface area contributed by atoms with Crippen LogP contribution in [0.15, 0.2) is 47.7 Å². The van der Waals surface area contributed by atoms with E-state index >= 15 is 0 Å². The molecule has 1 aromatic carbocycles. The summed E-state index contributed by atoms with van der Waals surface area (Å²) >= 11 is 5.91. The minimum absolute atomic E-state index is 0.00481. The number of carboxylic acids is 1. The lowest BCUT2D eigenvalue weighted by molar-refractivity contribution is 0.0697. The van der Waals surface area contributed by atoms with Crippen LogP contribution in [0.25, 0.3) is 17.0 Å². The van der Waals surface area contributed by atoms with Gasteiger partial charge in [0.1, 0.15) is 11.3 Å². The second-order valence-corrected chi connectivity index (χ2v) is 8.08. The number of aromatic carboxylic acids is 1. The maximum absolute atomic E-state index is 12.8. The van der Waals surface area contributed by atoms with Gasteiger partial charge in [0.15, 0.2) is 5.52 Å². The topological polar surface area (TPSA) is 128 Å². The lowest BCUT2D eigenvalue weighted by Gasteiger charge is -2.17. The molecule has 1 aliphatic carbocycles. The average molecular weight is 441 g/mol. The van der Waals surface area contributed by atoms with Crippen molar-refractivity contribution in [3.63, 3.8) is 0 Å². The predicted molar refractivity (Wildman–Crippen MR) is 111 cm³/mol. The fourth-order valence-electron chi connectivity index (χ4n) is 3.38. The number of H-pyrrole nitrogens is 1. The summed E-state index contributed by atoms with van der Waals surface area (Å²) in [5.74, 6) is -0.250. The first kappa shape index (κ1) is 19.3. The lowest BCUT2D eigenvalue weighted by Crippen LogP contribution is -2.23. The third kappa shape index (κ3) is 3.77. The zero-order chi connectivity index (χ0) is 21.6. The second kappa shape index (κ2) is 7.24. The maximum atomic E-state index is 12.8. The Morgan fingerprint density at radius 3 is 2.68 bits per heavy atom. The SMILES string of the molecule is O=C(O)c1cnn(-c2nc3cnn(CC4(COc5ccc(Cl)cc5)CC4)c3c(=O)[nH]2)c1. The predicted octanol–water partition coefficient (Wildman–Crippen LogP) is 2.52. The number of carboxylic acid groups (broad SMARTS) is 1. The van der Waals surface area contributed by atoms with Crippen molar-refractivity contribution in [3.8, 4) is 11.7 Å². The van der Waals surface area contributed by atoms with E-state index < -0.39 is 5.97 Å². The van der Waals surface area contributed by atoms with Crippen LogP contribution in [-0.2, 0) is 6.54 Å². The van der Waals surface area contributed by atoms with E-state index in [4.69, 9.17) is 21.4 Å². The van der Waals surface area contributed by atoms with Gasteiger partial charge in [0.05, 0.1) is 31.1 Å². The Balaban J connectivity index is 1.37. The highest BCUT2D eigenvalue weighted by atomic mass is 35.5. The number of benzene rings is 1. The Kier molecular flexibility index (Phi) is 4.51. The average Bonchev–Trinajstić information content (AvgIpc) is 3.14. The van der Waals surface area contributed by atoms with Crippen LogP contribution < -0.4 is 10.3 Å². The van der Waals surface area contributed by atoms with Crippen LogP contribution >= 0.6 is 11.6 Å². The number of nitrogens with one attached hydrogen (secondary N) is 1. The monoisotopic (exact) mass is 440 g/mol. The second-order valence-electron chi connectivity index (χ2n) is 7.65. The lowest BCUT2D eigenvalue weighted by atomic mass is 10.1. The Labute approximate surface area is 180 Å². The molecule has 0 radical (unpaired) electrons. The first-order chi connectivity index (χ1) is 14.9. The van der Waals surface area contributed by atoms with Crippen molar-refractivity contribution in [2.75, 3.05) is 6.61 Å². The van der Waals surface area contributed by atoms with Gasteiger partial charge < -0.3 is 9.84 Å². The molecule has 0 amide bonds. The van der Waals surface area contributed by atoms with Crippen molar-refractivity contribution in [1.29, 1.82) is 0 Å². The number of aromatic amines is 1. The molecule has 0 spiro atoms. The number of hydrogen-bond acceptors (Lipinski definition) is 6. The van der Waals surface area contributed by atoms with Gasteiger partial charge in [-0.15, -0.1) is 0 Å². The van der Waals surface area contributed by atoms with Crippen LogP contribution in [0.2, 0.25) is 5.02 Å². The van der Waals surface area contributed by atoms with E-state index in [2.05, 4.69) is 20.2 Å². The molecule has 3 heterocycles. The van der Waals surface area contributed by atoms with Gasteiger partial charge in [0.2, 0.25) is 5.95 Å². The molecule has 158 valence electrons. The number of halogens is 1. The van der Waals surface area contributed by atoms with Gasteiger partial charge in [-0.2, -0.15) is 10.2 Å². The van der Waals surface area contributed by atoms with E-state index in [1.54, 1.807) is 16.8 Å². The van der Waals surface area contributed by atoms with Crippen molar-refractivity contribution >= 4 is 28.6 Å². The Hall–Kier alpha value is -3.66. The number of aromatic nitrogens is 6. The van der Waals surface area contributed by atoms with E-state index in [0.717, 1.165) is 18.6 Å². The molecule has 1 saturated carbocycles. The number of nitrogens with zero attached hydrogens (tertiary/aromatic N) is 5. The van der Waals surface area contributed by atoms with Gasteiger partial charge in [0.25, 0.3) is 5.56 Å². The fraction of sp³-hybridized carbons (Fsp3) is 0.250. The molecule has 11 heteroatoms. The van der Waals surface area contributed by atoms with Gasteiger partial charge in [-0.1, -0.05) is 11.6 Å². The number of rotatable bonds is 7. The molecular weight excluding hydrogens is 424 g/mol. The van der Waals surface area contributed by atoms with Crippen LogP contribution in [0.3, 0.4) is 0 Å². The molecule has 0 aliphatic heterocycles. The van der Waals surface area contributed by atoms with Gasteiger partial charge in [0, 0.05) is 16.6 Å². The summed E-state index contributed by atoms with van der Waals surface area (Å²) in [5, 5.41) is 18.0. The summed E-state index contributed by atoms with van der Waals surface area (Å²) < 4.78 is 8.78. The molecule has 10 nitrogen and oxygen atoms in total. The van der Waals surface area contributed by atoms with Crippen molar-refractivity contribution in [1.82, 2.24) is 29.5 Å². The zero-order valence-corrected chi connectivity index (χ0v) is 16.9. The molecule has 0 saturated heterocycles. The Morgan fingerprint density at radius 1 is 1.23 bits per heavy atom. The highest BCUT2D eigenvalue weighted by Crippen LogP contribution is 2.47. The minimum Gasteiger partial charge on any atom is -0.493 e. The van der Waals surface area contributed by atoms with Gasteiger partial charge in [-0.25, -0.2) is 14.5 Å². The van der Waals surface area contributed by atoms with Crippen molar-refractivity contribution < 1.29 is 14.6 Å². The summed E-state index contributed by atoms with van der Waals surface area (Å²) in [6.07, 6.45) is 5.93. The van der Waals surface area contributed by atoms with Crippen molar-refractivity contribution in [3.05, 3.63) is 63.8 Å². The van der Waals surface area contributed by atoms with Crippen LogP contribution in [0.4, 0.5) is 0 Å². The minimum atomic E-state index is -1.11. The summed E-state index contributed by atoms with van der Waals surface area (Å²) in [7, 11) is 0. The van der Waals surface area contributed by atoms with E-state index in [1.807, 2.05) is 12.1 Å². The summed E-state index contributed by atoms with van der Waals surface area (Å²) in [6.45, 7) is 1.03. The van der Waals surface area contributed by atoms with Crippen LogP contribution in [-0.4, -0.2) is 47.2 Å². The molecule has 31 heavy (non-hydrogen) atoms. The van der Waals surface area contributed by atoms with E-state index in [0.29, 0.717) is 29.2 Å². The van der Waals surface area contributed by atoms with Gasteiger partial charge in [-0.3, -0.25) is 14.5 Å². The number of carbonyl (C=O) groups is 1. The maximum Gasteiger partial charge on any atom is 0.338 e. The number of ether oxygens (including phenoxy) is 1. The summed E-state index contributed by atoms with van der Waals surface area (Å²) in [6, 6.07) is 7.20. The van der Waals surface area contributed by atoms with E-state index in [-0.39, 0.29) is 22.5 Å². The van der Waals surface area contributed by atoms with Gasteiger partial charge in [-0.05, 0) is 37.1 Å². The summed E-state index contributed by atoms with van der Waals surface area (Å²) in [5.41, 5.74) is 0.281. The van der Waals surface area contributed by atoms with Gasteiger partial charge >= 0.3 is 5.97 Å². The van der Waals surface area contributed by atoms with Crippen molar-refractivity contribution in [2.45, 2.75) is 19.4 Å². The molecule has 1 fully saturated rings. The summed E-state index contributed by atoms with van der Waals surface area (Å²) in [4.78, 5) is 30.8. The Bertz CT molecular complexity index is 1340. The first-order valence-corrected chi connectivity index (χ1v) is 9.93. The van der Waals surface area contributed by atoms with Crippen LogP contribution in [0.1, 0.15) is 23.2 Å². The van der Waals surface area contributed by atoms with E-state index in [1.165, 1.54) is 23.3 Å². The third-order valence-electron chi connectivity index (χ3n) is 5.33. The molecule has 4 aromatic rings. The molecule has 3 aromatic heterocycles. The molecule has 5 rings (SSSR count). The molecule has 1 aliphatic rings. The molecule has 2 N–H and O–H groups in total. The van der Waals surface area contributed by atoms with Crippen molar-refractivity contribution in [2.24, 2.45) is 5.41 Å². The normalized spacial score (nSPS) is 14.6. The largest absolute Gasteiger partial charge is 0.493 e. The highest BCUT2D eigenvalue weighted by Gasteiger charge is 2.44. The Morgan fingerprint density at radius 2 is 2.00 bits per heavy atom. The highest BCUT2D eigenvalue weighted by molar-refractivity contribution is 6.30.